The van der Waals surface area contributed by atoms with Gasteiger partial charge in [-0.05, 0) is 12.1 Å². The summed E-state index contributed by atoms with van der Waals surface area (Å²) >= 11 is 1.21. The lowest BCUT2D eigenvalue weighted by molar-refractivity contribution is -0.385. The van der Waals surface area contributed by atoms with Gasteiger partial charge in [0.15, 0.2) is 5.12 Å². The molecule has 0 heterocycles. The molecule has 19 heavy (non-hydrogen) atoms. The zero-order chi connectivity index (χ0) is 14.3. The second-order valence-electron chi connectivity index (χ2n) is 3.65. The molecular formula is C13H13NO4S. The average Bonchev–Trinajstić information content (AvgIpc) is 2.37. The Kier molecular flexibility index (Phi) is 6.06. The number of nitrogens with zero attached hydrogens (tertiary/aromatic N) is 1. The summed E-state index contributed by atoms with van der Waals surface area (Å²) in [5.74, 6) is 6.36. The van der Waals surface area contributed by atoms with E-state index in [1.165, 1.54) is 30.8 Å². The largest absolute Gasteiger partial charge is 0.391 e. The van der Waals surface area contributed by atoms with Gasteiger partial charge < -0.3 is 5.11 Å². The molecule has 1 aromatic carbocycles. The number of carbonyl (C=O) groups excluding carboxylic acids is 1. The number of aliphatic hydroxyl groups excluding tert-OH is 1. The van der Waals surface area contributed by atoms with Gasteiger partial charge in [-0.1, -0.05) is 23.6 Å². The lowest BCUT2D eigenvalue weighted by atomic mass is 10.1. The van der Waals surface area contributed by atoms with E-state index in [9.17, 15) is 14.9 Å². The summed E-state index contributed by atoms with van der Waals surface area (Å²) in [6, 6.07) is 4.38. The second-order valence-corrected chi connectivity index (χ2v) is 4.92. The third-order valence-electron chi connectivity index (χ3n) is 2.21. The third-order valence-corrected chi connectivity index (χ3v) is 3.03. The summed E-state index contributed by atoms with van der Waals surface area (Å²) < 4.78 is 0. The molecule has 0 saturated carbocycles. The number of carbonyl (C=O) groups is 1. The standard InChI is InChI=1S/C13H13NO4S/c1-10(16)19-7-3-2-4-11-5-6-13(14(17)18)12(8-11)9-15/h5-6,8,15H,3,7,9H2,1H3. The molecule has 0 aliphatic heterocycles. The highest BCUT2D eigenvalue weighted by atomic mass is 32.2. The van der Waals surface area contributed by atoms with Crippen molar-refractivity contribution in [2.45, 2.75) is 20.0 Å². The van der Waals surface area contributed by atoms with Crippen LogP contribution in [-0.4, -0.2) is 20.9 Å². The molecule has 0 aromatic heterocycles. The number of aliphatic hydroxyl groups is 1. The van der Waals surface area contributed by atoms with Crippen LogP contribution >= 0.6 is 11.8 Å². The summed E-state index contributed by atoms with van der Waals surface area (Å²) in [4.78, 5) is 20.8. The van der Waals surface area contributed by atoms with Crippen LogP contribution in [0.25, 0.3) is 0 Å². The Morgan fingerprint density at radius 3 is 2.84 bits per heavy atom. The van der Waals surface area contributed by atoms with E-state index in [1.54, 1.807) is 6.07 Å². The highest BCUT2D eigenvalue weighted by Crippen LogP contribution is 2.19. The van der Waals surface area contributed by atoms with Crippen LogP contribution in [0.2, 0.25) is 0 Å². The number of nitro benzene ring substituents is 1. The fraction of sp³-hybridized carbons (Fsp3) is 0.308. The monoisotopic (exact) mass is 279 g/mol. The van der Waals surface area contributed by atoms with Gasteiger partial charge in [0, 0.05) is 30.7 Å². The zero-order valence-electron chi connectivity index (χ0n) is 10.4. The molecule has 6 heteroatoms. The number of rotatable bonds is 4. The topological polar surface area (TPSA) is 80.4 Å². The van der Waals surface area contributed by atoms with Crippen LogP contribution in [0.3, 0.4) is 0 Å². The Balaban J connectivity index is 2.72. The number of hydrogen-bond acceptors (Lipinski definition) is 5. The van der Waals surface area contributed by atoms with Gasteiger partial charge in [0.2, 0.25) is 0 Å². The SMILES string of the molecule is CC(=O)SCCC#Cc1ccc([N+](=O)[O-])c(CO)c1. The van der Waals surface area contributed by atoms with Crippen molar-refractivity contribution in [2.24, 2.45) is 0 Å². The highest BCUT2D eigenvalue weighted by Gasteiger charge is 2.12. The van der Waals surface area contributed by atoms with E-state index in [4.69, 9.17) is 5.11 Å². The molecule has 5 nitrogen and oxygen atoms in total. The fourth-order valence-corrected chi connectivity index (χ4v) is 1.87. The molecule has 0 atom stereocenters. The number of benzene rings is 1. The molecule has 0 bridgehead atoms. The van der Waals surface area contributed by atoms with Crippen LogP contribution in [0.1, 0.15) is 24.5 Å². The Morgan fingerprint density at radius 2 is 2.26 bits per heavy atom. The molecule has 0 spiro atoms. The first kappa shape index (κ1) is 15.2. The quantitative estimate of drug-likeness (QED) is 0.395. The van der Waals surface area contributed by atoms with E-state index in [0.717, 1.165) is 0 Å². The van der Waals surface area contributed by atoms with E-state index in [1.807, 2.05) is 0 Å². The molecule has 100 valence electrons. The minimum atomic E-state index is -0.535. The van der Waals surface area contributed by atoms with Crippen molar-refractivity contribution in [3.05, 3.63) is 39.4 Å². The predicted octanol–water partition coefficient (Wildman–Crippen LogP) is 2.11. The molecular weight excluding hydrogens is 266 g/mol. The molecule has 0 radical (unpaired) electrons. The van der Waals surface area contributed by atoms with Gasteiger partial charge in [0.25, 0.3) is 5.69 Å². The summed E-state index contributed by atoms with van der Waals surface area (Å²) in [5, 5.41) is 19.8. The van der Waals surface area contributed by atoms with E-state index < -0.39 is 11.5 Å². The first-order valence-corrected chi connectivity index (χ1v) is 6.53. The molecule has 0 saturated heterocycles. The van der Waals surface area contributed by atoms with Gasteiger partial charge in [-0.3, -0.25) is 14.9 Å². The minimum absolute atomic E-state index is 0.0553. The van der Waals surface area contributed by atoms with Crippen molar-refractivity contribution in [3.63, 3.8) is 0 Å². The Bertz CT molecular complexity index is 545. The van der Waals surface area contributed by atoms with Crippen molar-refractivity contribution in [3.8, 4) is 11.8 Å². The average molecular weight is 279 g/mol. The zero-order valence-corrected chi connectivity index (χ0v) is 11.2. The molecule has 1 aromatic rings. The van der Waals surface area contributed by atoms with Crippen LogP contribution < -0.4 is 0 Å². The van der Waals surface area contributed by atoms with Gasteiger partial charge in [0.1, 0.15) is 0 Å². The number of nitro groups is 1. The lowest BCUT2D eigenvalue weighted by Gasteiger charge is -1.99. The molecule has 1 rings (SSSR count). The summed E-state index contributed by atoms with van der Waals surface area (Å²) in [5.41, 5.74) is 0.748. The fourth-order valence-electron chi connectivity index (χ4n) is 1.38. The predicted molar refractivity (Wildman–Crippen MR) is 73.7 cm³/mol. The summed E-state index contributed by atoms with van der Waals surface area (Å²) in [6.45, 7) is 1.11. The smallest absolute Gasteiger partial charge is 0.274 e. The molecule has 0 unspecified atom stereocenters. The third kappa shape index (κ3) is 5.12. The normalized spacial score (nSPS) is 9.58. The van der Waals surface area contributed by atoms with Crippen LogP contribution in [0, 0.1) is 22.0 Å². The van der Waals surface area contributed by atoms with E-state index in [-0.39, 0.29) is 16.4 Å². The first-order chi connectivity index (χ1) is 9.04. The highest BCUT2D eigenvalue weighted by molar-refractivity contribution is 8.13. The molecule has 1 N–H and O–H groups in total. The first-order valence-electron chi connectivity index (χ1n) is 5.55. The van der Waals surface area contributed by atoms with Gasteiger partial charge in [-0.15, -0.1) is 0 Å². The number of hydrogen-bond donors (Lipinski definition) is 1. The minimum Gasteiger partial charge on any atom is -0.391 e. The second kappa shape index (κ2) is 7.56. The molecule has 0 aliphatic rings. The maximum atomic E-state index is 10.7. The van der Waals surface area contributed by atoms with Crippen molar-refractivity contribution < 1.29 is 14.8 Å². The van der Waals surface area contributed by atoms with Crippen LogP contribution in [0.4, 0.5) is 5.69 Å². The summed E-state index contributed by atoms with van der Waals surface area (Å²) in [7, 11) is 0. The van der Waals surface area contributed by atoms with Gasteiger partial charge in [-0.25, -0.2) is 0 Å². The van der Waals surface area contributed by atoms with Gasteiger partial charge >= 0.3 is 0 Å². The lowest BCUT2D eigenvalue weighted by Crippen LogP contribution is -1.95. The van der Waals surface area contributed by atoms with Crippen LogP contribution in [0.5, 0.6) is 0 Å². The van der Waals surface area contributed by atoms with E-state index in [2.05, 4.69) is 11.8 Å². The Labute approximate surface area is 115 Å². The maximum absolute atomic E-state index is 10.7. The Hall–Kier alpha value is -1.84. The summed E-state index contributed by atoms with van der Waals surface area (Å²) in [6.07, 6.45) is 0.565. The molecule has 0 fully saturated rings. The maximum Gasteiger partial charge on any atom is 0.274 e. The van der Waals surface area contributed by atoms with Gasteiger partial charge in [-0.2, -0.15) is 0 Å². The van der Waals surface area contributed by atoms with Crippen molar-refractivity contribution >= 4 is 22.6 Å². The number of thioether (sulfide) groups is 1. The van der Waals surface area contributed by atoms with E-state index in [0.29, 0.717) is 17.7 Å². The van der Waals surface area contributed by atoms with E-state index >= 15 is 0 Å². The van der Waals surface area contributed by atoms with Crippen molar-refractivity contribution in [1.29, 1.82) is 0 Å². The van der Waals surface area contributed by atoms with Crippen LogP contribution in [-0.2, 0) is 11.4 Å². The van der Waals surface area contributed by atoms with Crippen molar-refractivity contribution in [2.75, 3.05) is 5.75 Å². The van der Waals surface area contributed by atoms with Gasteiger partial charge in [0.05, 0.1) is 17.1 Å². The Morgan fingerprint density at radius 1 is 1.53 bits per heavy atom. The van der Waals surface area contributed by atoms with Crippen LogP contribution in [0.15, 0.2) is 18.2 Å². The molecule has 0 amide bonds. The van der Waals surface area contributed by atoms with Crippen molar-refractivity contribution in [1.82, 2.24) is 0 Å². The molecule has 0 aliphatic carbocycles.